The minimum Gasteiger partial charge on any atom is -0.392 e. The second kappa shape index (κ2) is 8.08. The topological polar surface area (TPSA) is 29.5 Å². The van der Waals surface area contributed by atoms with Crippen molar-refractivity contribution in [3.63, 3.8) is 0 Å². The normalized spacial score (nSPS) is 11.8. The van der Waals surface area contributed by atoms with E-state index in [1.165, 1.54) is 5.56 Å². The molecule has 2 nitrogen and oxygen atoms in total. The first kappa shape index (κ1) is 12.9. The maximum absolute atomic E-state index is 9.05. The van der Waals surface area contributed by atoms with Crippen LogP contribution in [0.15, 0.2) is 42.0 Å². The number of aliphatic hydroxyl groups is 1. The SMILES string of the molecule is CCCC(=CCOCc1ccccc1)CO. The average molecular weight is 220 g/mol. The number of hydrogen-bond donors (Lipinski definition) is 1. The Hall–Kier alpha value is -1.12. The number of ether oxygens (including phenoxy) is 1. The molecule has 0 aliphatic carbocycles. The van der Waals surface area contributed by atoms with Crippen molar-refractivity contribution in [2.45, 2.75) is 26.4 Å². The molecule has 0 amide bonds. The summed E-state index contributed by atoms with van der Waals surface area (Å²) in [7, 11) is 0. The van der Waals surface area contributed by atoms with E-state index in [4.69, 9.17) is 9.84 Å². The van der Waals surface area contributed by atoms with E-state index >= 15 is 0 Å². The van der Waals surface area contributed by atoms with Crippen LogP contribution in [0.25, 0.3) is 0 Å². The Kier molecular flexibility index (Phi) is 6.54. The first-order chi connectivity index (χ1) is 7.86. The van der Waals surface area contributed by atoms with Gasteiger partial charge in [-0.2, -0.15) is 0 Å². The Morgan fingerprint density at radius 3 is 2.69 bits per heavy atom. The molecule has 1 aromatic rings. The minimum atomic E-state index is 0.141. The van der Waals surface area contributed by atoms with Crippen LogP contribution in [0.1, 0.15) is 25.3 Å². The molecule has 0 saturated heterocycles. The third kappa shape index (κ3) is 5.10. The monoisotopic (exact) mass is 220 g/mol. The largest absolute Gasteiger partial charge is 0.392 e. The van der Waals surface area contributed by atoms with Crippen LogP contribution in [0.4, 0.5) is 0 Å². The van der Waals surface area contributed by atoms with E-state index in [1.807, 2.05) is 36.4 Å². The molecule has 16 heavy (non-hydrogen) atoms. The van der Waals surface area contributed by atoms with Gasteiger partial charge >= 0.3 is 0 Å². The summed E-state index contributed by atoms with van der Waals surface area (Å²) in [4.78, 5) is 0. The van der Waals surface area contributed by atoms with Crippen molar-refractivity contribution in [2.75, 3.05) is 13.2 Å². The van der Waals surface area contributed by atoms with Crippen molar-refractivity contribution in [3.05, 3.63) is 47.5 Å². The summed E-state index contributed by atoms with van der Waals surface area (Å²) < 4.78 is 5.51. The molecule has 0 atom stereocenters. The summed E-state index contributed by atoms with van der Waals surface area (Å²) in [5.41, 5.74) is 2.24. The van der Waals surface area contributed by atoms with Gasteiger partial charge in [-0.25, -0.2) is 0 Å². The van der Waals surface area contributed by atoms with Crippen molar-refractivity contribution >= 4 is 0 Å². The van der Waals surface area contributed by atoms with Gasteiger partial charge in [-0.3, -0.25) is 0 Å². The smallest absolute Gasteiger partial charge is 0.0721 e. The third-order valence-electron chi connectivity index (χ3n) is 2.38. The molecule has 0 spiro atoms. The van der Waals surface area contributed by atoms with Gasteiger partial charge in [-0.15, -0.1) is 0 Å². The summed E-state index contributed by atoms with van der Waals surface area (Å²) in [6.07, 6.45) is 3.99. The first-order valence-electron chi connectivity index (χ1n) is 5.77. The lowest BCUT2D eigenvalue weighted by molar-refractivity contribution is 0.147. The fraction of sp³-hybridized carbons (Fsp3) is 0.429. The zero-order valence-corrected chi connectivity index (χ0v) is 9.86. The van der Waals surface area contributed by atoms with Crippen molar-refractivity contribution in [1.82, 2.24) is 0 Å². The summed E-state index contributed by atoms with van der Waals surface area (Å²) in [5, 5.41) is 9.05. The van der Waals surface area contributed by atoms with E-state index in [0.29, 0.717) is 13.2 Å². The Bertz CT molecular complexity index is 304. The summed E-state index contributed by atoms with van der Waals surface area (Å²) in [6.45, 7) is 3.45. The molecule has 1 rings (SSSR count). The molecular formula is C14H20O2. The molecule has 0 unspecified atom stereocenters. The van der Waals surface area contributed by atoms with E-state index in [0.717, 1.165) is 18.4 Å². The molecule has 1 aromatic carbocycles. The van der Waals surface area contributed by atoms with Crippen LogP contribution in [-0.2, 0) is 11.3 Å². The highest BCUT2D eigenvalue weighted by Gasteiger charge is 1.94. The van der Waals surface area contributed by atoms with Crippen LogP contribution in [0, 0.1) is 0 Å². The van der Waals surface area contributed by atoms with Crippen LogP contribution in [-0.4, -0.2) is 18.3 Å². The number of hydrogen-bond acceptors (Lipinski definition) is 2. The summed E-state index contributed by atoms with van der Waals surface area (Å²) in [6, 6.07) is 10.1. The van der Waals surface area contributed by atoms with Crippen LogP contribution in [0.5, 0.6) is 0 Å². The van der Waals surface area contributed by atoms with E-state index in [1.54, 1.807) is 0 Å². The van der Waals surface area contributed by atoms with Crippen molar-refractivity contribution in [3.8, 4) is 0 Å². The van der Waals surface area contributed by atoms with Gasteiger partial charge in [0.1, 0.15) is 0 Å². The fourth-order valence-corrected chi connectivity index (χ4v) is 1.49. The highest BCUT2D eigenvalue weighted by atomic mass is 16.5. The highest BCUT2D eigenvalue weighted by molar-refractivity contribution is 5.13. The fourth-order valence-electron chi connectivity index (χ4n) is 1.49. The van der Waals surface area contributed by atoms with Crippen LogP contribution >= 0.6 is 0 Å². The second-order valence-electron chi connectivity index (χ2n) is 3.77. The highest BCUT2D eigenvalue weighted by Crippen LogP contribution is 2.04. The van der Waals surface area contributed by atoms with Gasteiger partial charge in [0.15, 0.2) is 0 Å². The second-order valence-corrected chi connectivity index (χ2v) is 3.77. The zero-order chi connectivity index (χ0) is 11.6. The van der Waals surface area contributed by atoms with Crippen LogP contribution < -0.4 is 0 Å². The molecule has 1 N–H and O–H groups in total. The number of benzene rings is 1. The maximum atomic E-state index is 9.05. The van der Waals surface area contributed by atoms with Crippen molar-refractivity contribution in [1.29, 1.82) is 0 Å². The van der Waals surface area contributed by atoms with Crippen molar-refractivity contribution < 1.29 is 9.84 Å². The van der Waals surface area contributed by atoms with Gasteiger partial charge in [0.05, 0.1) is 19.8 Å². The molecule has 0 radical (unpaired) electrons. The molecule has 2 heteroatoms. The van der Waals surface area contributed by atoms with E-state index in [9.17, 15) is 0 Å². The van der Waals surface area contributed by atoms with Gasteiger partial charge in [-0.05, 0) is 17.6 Å². The Morgan fingerprint density at radius 1 is 1.31 bits per heavy atom. The Morgan fingerprint density at radius 2 is 2.06 bits per heavy atom. The molecule has 88 valence electrons. The van der Waals surface area contributed by atoms with E-state index in [-0.39, 0.29) is 6.61 Å². The van der Waals surface area contributed by atoms with Gasteiger partial charge in [0.2, 0.25) is 0 Å². The lowest BCUT2D eigenvalue weighted by Crippen LogP contribution is -1.96. The first-order valence-corrected chi connectivity index (χ1v) is 5.77. The van der Waals surface area contributed by atoms with Gasteiger partial charge in [-0.1, -0.05) is 49.8 Å². The van der Waals surface area contributed by atoms with Crippen molar-refractivity contribution in [2.24, 2.45) is 0 Å². The Labute approximate surface area is 97.6 Å². The van der Waals surface area contributed by atoms with Crippen LogP contribution in [0.2, 0.25) is 0 Å². The summed E-state index contributed by atoms with van der Waals surface area (Å²) >= 11 is 0. The lowest BCUT2D eigenvalue weighted by Gasteiger charge is -2.04. The molecule has 0 saturated carbocycles. The van der Waals surface area contributed by atoms with E-state index < -0.39 is 0 Å². The molecular weight excluding hydrogens is 200 g/mol. The molecule has 0 aromatic heterocycles. The number of aliphatic hydroxyl groups excluding tert-OH is 1. The van der Waals surface area contributed by atoms with Gasteiger partial charge in [0, 0.05) is 0 Å². The number of rotatable bonds is 7. The molecule has 0 fully saturated rings. The van der Waals surface area contributed by atoms with Gasteiger partial charge in [0.25, 0.3) is 0 Å². The molecule has 0 aliphatic rings. The predicted molar refractivity (Wildman–Crippen MR) is 66.2 cm³/mol. The minimum absolute atomic E-state index is 0.141. The molecule has 0 aliphatic heterocycles. The molecule has 0 heterocycles. The maximum Gasteiger partial charge on any atom is 0.0721 e. The standard InChI is InChI=1S/C14H20O2/c1-2-6-13(11-15)9-10-16-12-14-7-4-3-5-8-14/h3-5,7-9,15H,2,6,10-12H2,1H3. The lowest BCUT2D eigenvalue weighted by atomic mass is 10.1. The third-order valence-corrected chi connectivity index (χ3v) is 2.38. The zero-order valence-electron chi connectivity index (χ0n) is 9.86. The quantitative estimate of drug-likeness (QED) is 0.565. The van der Waals surface area contributed by atoms with E-state index in [2.05, 4.69) is 6.92 Å². The molecule has 0 bridgehead atoms. The predicted octanol–water partition coefficient (Wildman–Crippen LogP) is 2.92. The Balaban J connectivity index is 2.25. The average Bonchev–Trinajstić information content (AvgIpc) is 2.34. The van der Waals surface area contributed by atoms with Crippen LogP contribution in [0.3, 0.4) is 0 Å². The summed E-state index contributed by atoms with van der Waals surface area (Å²) in [5.74, 6) is 0. The van der Waals surface area contributed by atoms with Gasteiger partial charge < -0.3 is 9.84 Å².